The highest BCUT2D eigenvalue weighted by atomic mass is 19.1. The van der Waals surface area contributed by atoms with Crippen LogP contribution in [0.15, 0.2) is 24.3 Å². The number of amides is 3. The first kappa shape index (κ1) is 22.2. The molecule has 0 radical (unpaired) electrons. The van der Waals surface area contributed by atoms with Crippen LogP contribution >= 0.6 is 0 Å². The Labute approximate surface area is 186 Å². The minimum absolute atomic E-state index is 0.0414. The summed E-state index contributed by atoms with van der Waals surface area (Å²) < 4.78 is 21.5. The smallest absolute Gasteiger partial charge is 0.317 e. The van der Waals surface area contributed by atoms with E-state index >= 15 is 0 Å². The van der Waals surface area contributed by atoms with Crippen LogP contribution in [0, 0.1) is 5.82 Å². The Balaban J connectivity index is 1.35. The molecule has 2 aliphatic heterocycles. The van der Waals surface area contributed by atoms with Gasteiger partial charge in [-0.15, -0.1) is 5.10 Å². The normalized spacial score (nSPS) is 19.8. The fourth-order valence-corrected chi connectivity index (χ4v) is 4.35. The van der Waals surface area contributed by atoms with E-state index in [0.717, 1.165) is 5.69 Å². The molecule has 0 saturated carbocycles. The second-order valence-corrected chi connectivity index (χ2v) is 8.32. The second-order valence-electron chi connectivity index (χ2n) is 8.32. The third-order valence-electron chi connectivity index (χ3n) is 6.24. The first-order valence-corrected chi connectivity index (χ1v) is 11.0. The van der Waals surface area contributed by atoms with Crippen molar-refractivity contribution in [2.24, 2.45) is 0 Å². The molecule has 0 bridgehead atoms. The highest BCUT2D eigenvalue weighted by molar-refractivity contribution is 5.79. The van der Waals surface area contributed by atoms with Crippen molar-refractivity contribution in [3.63, 3.8) is 0 Å². The molecule has 1 saturated heterocycles. The van der Waals surface area contributed by atoms with Crippen molar-refractivity contribution in [2.75, 3.05) is 26.2 Å². The molecule has 172 valence electrons. The number of ether oxygens (including phenoxy) is 1. The number of benzene rings is 1. The van der Waals surface area contributed by atoms with Gasteiger partial charge in [0.2, 0.25) is 5.91 Å². The summed E-state index contributed by atoms with van der Waals surface area (Å²) in [6.07, 6.45) is 0.869. The molecule has 1 N–H and O–H groups in total. The molecule has 1 unspecified atom stereocenters. The third kappa shape index (κ3) is 4.59. The predicted octanol–water partition coefficient (Wildman–Crippen LogP) is 1.71. The van der Waals surface area contributed by atoms with Crippen LogP contribution in [0.4, 0.5) is 9.18 Å². The molecule has 1 atom stereocenters. The van der Waals surface area contributed by atoms with Crippen molar-refractivity contribution in [2.45, 2.75) is 52.0 Å². The number of hydrogen-bond donors (Lipinski definition) is 1. The summed E-state index contributed by atoms with van der Waals surface area (Å²) >= 11 is 0. The molecule has 32 heavy (non-hydrogen) atoms. The average Bonchev–Trinajstić information content (AvgIpc) is 3.37. The lowest BCUT2D eigenvalue weighted by Gasteiger charge is -2.34. The second kappa shape index (κ2) is 9.23. The number of urea groups is 1. The van der Waals surface area contributed by atoms with Gasteiger partial charge in [0.05, 0.1) is 38.4 Å². The van der Waals surface area contributed by atoms with Gasteiger partial charge in [0, 0.05) is 19.6 Å². The van der Waals surface area contributed by atoms with E-state index < -0.39 is 5.60 Å². The Hall–Kier alpha value is -3.01. The predicted molar refractivity (Wildman–Crippen MR) is 114 cm³/mol. The van der Waals surface area contributed by atoms with E-state index in [1.807, 2.05) is 18.5 Å². The van der Waals surface area contributed by atoms with Gasteiger partial charge in [0.1, 0.15) is 17.1 Å². The quantitative estimate of drug-likeness (QED) is 0.732. The topological polar surface area (TPSA) is 92.6 Å². The molecular formula is C22H29FN6O3. The Morgan fingerprint density at radius 1 is 1.28 bits per heavy atom. The zero-order chi connectivity index (χ0) is 22.7. The first-order chi connectivity index (χ1) is 15.4. The number of likely N-dealkylation sites (tertiary alicyclic amines) is 1. The van der Waals surface area contributed by atoms with E-state index in [1.165, 1.54) is 12.1 Å². The molecular weight excluding hydrogens is 415 g/mol. The fourth-order valence-electron chi connectivity index (χ4n) is 4.35. The van der Waals surface area contributed by atoms with Gasteiger partial charge < -0.3 is 19.9 Å². The van der Waals surface area contributed by atoms with Gasteiger partial charge in [-0.25, -0.2) is 13.9 Å². The fraction of sp³-hybridized carbons (Fsp3) is 0.545. The molecule has 1 fully saturated rings. The van der Waals surface area contributed by atoms with E-state index in [0.29, 0.717) is 63.6 Å². The number of aromatic nitrogens is 3. The van der Waals surface area contributed by atoms with Crippen molar-refractivity contribution in [1.82, 2.24) is 30.1 Å². The number of rotatable bonds is 6. The maximum absolute atomic E-state index is 13.4. The lowest BCUT2D eigenvalue weighted by atomic mass is 10.0. The standard InChI is InChI=1S/C22H29FN6O3/c1-3-27(4-2)21(31)24-12-18-19-13-32-22(15-29(19)26-25-18)8-9-28(14-22)20(30)11-16-6-5-7-17(23)10-16/h5-7,10H,3-4,8-9,11-15H2,1-2H3,(H,24,31). The Kier molecular flexibility index (Phi) is 6.40. The summed E-state index contributed by atoms with van der Waals surface area (Å²) in [5.41, 5.74) is 1.70. The molecule has 0 aliphatic carbocycles. The minimum Gasteiger partial charge on any atom is -0.365 e. The number of fused-ring (bicyclic) bond motifs is 1. The van der Waals surface area contributed by atoms with Gasteiger partial charge in [-0.3, -0.25) is 4.79 Å². The first-order valence-electron chi connectivity index (χ1n) is 11.0. The van der Waals surface area contributed by atoms with Gasteiger partial charge in [0.15, 0.2) is 0 Å². The summed E-state index contributed by atoms with van der Waals surface area (Å²) in [5, 5.41) is 11.4. The lowest BCUT2D eigenvalue weighted by molar-refractivity contribution is -0.132. The largest absolute Gasteiger partial charge is 0.365 e. The van der Waals surface area contributed by atoms with Gasteiger partial charge in [-0.1, -0.05) is 17.3 Å². The van der Waals surface area contributed by atoms with Crippen LogP contribution in [0.5, 0.6) is 0 Å². The number of nitrogens with zero attached hydrogens (tertiary/aromatic N) is 5. The Morgan fingerprint density at radius 2 is 2.09 bits per heavy atom. The van der Waals surface area contributed by atoms with E-state index in [1.54, 1.807) is 21.9 Å². The van der Waals surface area contributed by atoms with Crippen molar-refractivity contribution in [3.8, 4) is 0 Å². The number of carbonyl (C=O) groups excluding carboxylic acids is 2. The van der Waals surface area contributed by atoms with Crippen LogP contribution in [0.2, 0.25) is 0 Å². The van der Waals surface area contributed by atoms with E-state index in [4.69, 9.17) is 4.74 Å². The maximum atomic E-state index is 13.4. The summed E-state index contributed by atoms with van der Waals surface area (Å²) in [5.74, 6) is -0.383. The monoisotopic (exact) mass is 444 g/mol. The SMILES string of the molecule is CCN(CC)C(=O)NCc1nnn2c1COC1(CCN(C(=O)Cc3cccc(F)c3)C1)C2. The maximum Gasteiger partial charge on any atom is 0.317 e. The minimum atomic E-state index is -0.500. The molecule has 2 aliphatic rings. The lowest BCUT2D eigenvalue weighted by Crippen LogP contribution is -2.45. The van der Waals surface area contributed by atoms with Crippen LogP contribution in [-0.4, -0.2) is 68.5 Å². The number of hydrogen-bond acceptors (Lipinski definition) is 5. The number of nitrogens with one attached hydrogen (secondary N) is 1. The number of carbonyl (C=O) groups is 2. The molecule has 4 rings (SSSR count). The van der Waals surface area contributed by atoms with Crippen LogP contribution in [0.3, 0.4) is 0 Å². The average molecular weight is 445 g/mol. The van der Waals surface area contributed by atoms with Crippen molar-refractivity contribution in [1.29, 1.82) is 0 Å². The highest BCUT2D eigenvalue weighted by Gasteiger charge is 2.44. The van der Waals surface area contributed by atoms with Gasteiger partial charge in [0.25, 0.3) is 0 Å². The molecule has 10 heteroatoms. The van der Waals surface area contributed by atoms with Gasteiger partial charge in [-0.2, -0.15) is 0 Å². The van der Waals surface area contributed by atoms with Crippen molar-refractivity contribution in [3.05, 3.63) is 47.0 Å². The van der Waals surface area contributed by atoms with E-state index in [9.17, 15) is 14.0 Å². The van der Waals surface area contributed by atoms with Crippen LogP contribution in [0.1, 0.15) is 37.2 Å². The Morgan fingerprint density at radius 3 is 2.84 bits per heavy atom. The summed E-state index contributed by atoms with van der Waals surface area (Å²) in [6, 6.07) is 6.00. The molecule has 2 aromatic rings. The zero-order valence-corrected chi connectivity index (χ0v) is 18.5. The molecule has 1 aromatic heterocycles. The van der Waals surface area contributed by atoms with Crippen LogP contribution in [-0.2, 0) is 35.6 Å². The summed E-state index contributed by atoms with van der Waals surface area (Å²) in [4.78, 5) is 28.4. The van der Waals surface area contributed by atoms with E-state index in [-0.39, 0.29) is 24.2 Å². The van der Waals surface area contributed by atoms with Crippen molar-refractivity contribution >= 4 is 11.9 Å². The summed E-state index contributed by atoms with van der Waals surface area (Å²) in [7, 11) is 0. The zero-order valence-electron chi connectivity index (χ0n) is 18.5. The van der Waals surface area contributed by atoms with Gasteiger partial charge >= 0.3 is 6.03 Å². The molecule has 3 amide bonds. The molecule has 1 aromatic carbocycles. The van der Waals surface area contributed by atoms with Gasteiger partial charge in [-0.05, 0) is 38.0 Å². The Bertz CT molecular complexity index is 992. The molecule has 1 spiro atoms. The summed E-state index contributed by atoms with van der Waals surface area (Å²) in [6.45, 7) is 7.33. The van der Waals surface area contributed by atoms with E-state index in [2.05, 4.69) is 15.6 Å². The molecule has 3 heterocycles. The number of halogens is 1. The third-order valence-corrected chi connectivity index (χ3v) is 6.24. The van der Waals surface area contributed by atoms with Crippen molar-refractivity contribution < 1.29 is 18.7 Å². The van der Waals surface area contributed by atoms with Crippen LogP contribution < -0.4 is 5.32 Å². The molecule has 9 nitrogen and oxygen atoms in total. The highest BCUT2D eigenvalue weighted by Crippen LogP contribution is 2.33. The van der Waals surface area contributed by atoms with Crippen LogP contribution in [0.25, 0.3) is 0 Å².